The zero-order valence-corrected chi connectivity index (χ0v) is 19.2. The molecular formula is C17H20N8O4S3. The number of tetrazole rings is 1. The second-order valence-corrected chi connectivity index (χ2v) is 9.97. The summed E-state index contributed by atoms with van der Waals surface area (Å²) < 4.78 is 43.6. The Labute approximate surface area is 189 Å². The molecule has 4 aromatic rings. The molecule has 0 bridgehead atoms. The Morgan fingerprint density at radius 2 is 1.91 bits per heavy atom. The van der Waals surface area contributed by atoms with E-state index >= 15 is 0 Å². The fourth-order valence-electron chi connectivity index (χ4n) is 2.96. The number of para-hydroxylation sites is 1. The first-order valence-electron chi connectivity index (χ1n) is 9.04. The van der Waals surface area contributed by atoms with Crippen LogP contribution in [0.25, 0.3) is 32.7 Å². The lowest BCUT2D eigenvalue weighted by Crippen LogP contribution is -2.15. The highest BCUT2D eigenvalue weighted by Crippen LogP contribution is 2.38. The van der Waals surface area contributed by atoms with Crippen LogP contribution in [-0.4, -0.2) is 61.8 Å². The number of aromatic nitrogens is 5. The van der Waals surface area contributed by atoms with E-state index in [2.05, 4.69) is 36.1 Å². The van der Waals surface area contributed by atoms with Crippen molar-refractivity contribution in [3.63, 3.8) is 0 Å². The summed E-state index contributed by atoms with van der Waals surface area (Å²) in [4.78, 5) is 4.81. The molecule has 2 aromatic heterocycles. The van der Waals surface area contributed by atoms with Gasteiger partial charge in [-0.3, -0.25) is 0 Å². The van der Waals surface area contributed by atoms with Gasteiger partial charge >= 0.3 is 0 Å². The third-order valence-electron chi connectivity index (χ3n) is 4.25. The fraction of sp³-hybridized carbons (Fsp3) is 0.176. The van der Waals surface area contributed by atoms with Gasteiger partial charge in [-0.2, -0.15) is 5.21 Å². The van der Waals surface area contributed by atoms with E-state index in [0.717, 1.165) is 26.5 Å². The van der Waals surface area contributed by atoms with Crippen LogP contribution in [0.3, 0.4) is 0 Å². The molecule has 0 spiro atoms. The summed E-state index contributed by atoms with van der Waals surface area (Å²) in [6, 6.07) is 10.8. The van der Waals surface area contributed by atoms with Crippen LogP contribution in [0.1, 0.15) is 0 Å². The number of thiol groups is 1. The number of H-pyrrole nitrogens is 1. The number of hydrogen-bond donors (Lipinski definition) is 5. The Balaban J connectivity index is 0.000000668. The Hall–Kier alpha value is -2.98. The number of anilines is 1. The number of nitrogens with one attached hydrogen (secondary N) is 2. The van der Waals surface area contributed by atoms with Gasteiger partial charge in [0.05, 0.1) is 20.9 Å². The minimum Gasteiger partial charge on any atom is -0.365 e. The highest BCUT2D eigenvalue weighted by Gasteiger charge is 2.20. The zero-order valence-electron chi connectivity index (χ0n) is 16.7. The van der Waals surface area contributed by atoms with Crippen LogP contribution >= 0.6 is 11.3 Å². The zero-order chi connectivity index (χ0) is 23.3. The lowest BCUT2D eigenvalue weighted by Gasteiger charge is -2.11. The smallest absolute Gasteiger partial charge is 0.205 e. The molecule has 0 fully saturated rings. The molecule has 32 heavy (non-hydrogen) atoms. The van der Waals surface area contributed by atoms with Crippen molar-refractivity contribution in [1.29, 1.82) is 0 Å². The quantitative estimate of drug-likeness (QED) is 0.232. The summed E-state index contributed by atoms with van der Waals surface area (Å²) in [7, 11) is -4.30. The summed E-state index contributed by atoms with van der Waals surface area (Å²) in [5.41, 5.74) is 8.45. The molecule has 0 atom stereocenters. The van der Waals surface area contributed by atoms with Crippen molar-refractivity contribution in [2.45, 2.75) is 4.90 Å². The fourth-order valence-corrected chi connectivity index (χ4v) is 4.92. The number of rotatable bonds is 6. The molecule has 0 aliphatic heterocycles. The normalized spacial score (nSPS) is 11.4. The number of benzene rings is 2. The van der Waals surface area contributed by atoms with Crippen LogP contribution in [0.4, 0.5) is 5.13 Å². The maximum Gasteiger partial charge on any atom is 0.205 e. The molecule has 170 valence electrons. The van der Waals surface area contributed by atoms with Gasteiger partial charge < -0.3 is 11.1 Å². The largest absolute Gasteiger partial charge is 0.365 e. The van der Waals surface area contributed by atoms with Crippen LogP contribution in [0, 0.1) is 0 Å². The number of hydrogen-bond acceptors (Lipinski definition) is 11. The molecule has 0 saturated carbocycles. The molecule has 0 aliphatic carbocycles. The summed E-state index contributed by atoms with van der Waals surface area (Å²) in [5.74, 6) is 0.173. The molecule has 0 radical (unpaired) electrons. The van der Waals surface area contributed by atoms with Gasteiger partial charge in [0.2, 0.25) is 5.82 Å². The third-order valence-corrected chi connectivity index (χ3v) is 7.03. The maximum atomic E-state index is 12.5. The van der Waals surface area contributed by atoms with Crippen LogP contribution in [0.2, 0.25) is 0 Å². The SMILES string of the molecule is CNc1nc2c(-c3ccc(S(=O)(=O)CCN)cc3-c3nn[nH]n3)cccc2s1.N[SH](=O)=O. The van der Waals surface area contributed by atoms with Gasteiger partial charge in [-0.25, -0.2) is 27.0 Å². The van der Waals surface area contributed by atoms with E-state index in [0.29, 0.717) is 11.4 Å². The second kappa shape index (κ2) is 10.1. The van der Waals surface area contributed by atoms with Gasteiger partial charge in [-0.05, 0) is 29.0 Å². The molecule has 0 saturated heterocycles. The third kappa shape index (κ3) is 5.25. The number of nitrogens with zero attached hydrogens (tertiary/aromatic N) is 4. The lowest BCUT2D eigenvalue weighted by atomic mass is 9.98. The van der Waals surface area contributed by atoms with E-state index in [-0.39, 0.29) is 17.2 Å². The first kappa shape index (κ1) is 23.7. The lowest BCUT2D eigenvalue weighted by molar-refractivity contribution is 0.596. The number of fused-ring (bicyclic) bond motifs is 1. The van der Waals surface area contributed by atoms with Crippen molar-refractivity contribution in [1.82, 2.24) is 25.6 Å². The molecule has 2 aromatic carbocycles. The van der Waals surface area contributed by atoms with E-state index in [4.69, 9.17) is 14.2 Å². The van der Waals surface area contributed by atoms with Crippen LogP contribution in [0.5, 0.6) is 0 Å². The standard InChI is InChI=1S/C17H17N7O2S2.H3NO2S/c1-19-17-20-15-12(3-2-4-14(15)27-17)11-6-5-10(28(25,26)8-7-18)9-13(11)16-21-23-24-22-16;1-4(2)3/h2-6,9H,7-8,18H2,1H3,(H,19,20)(H,21,22,23,24);4H,(H2,1,2,3). The first-order chi connectivity index (χ1) is 15.3. The Kier molecular flexibility index (Phi) is 7.47. The minimum absolute atomic E-state index is 0.0482. The van der Waals surface area contributed by atoms with Crippen LogP contribution in [0.15, 0.2) is 41.3 Å². The first-order valence-corrected chi connectivity index (χ1v) is 12.8. The van der Waals surface area contributed by atoms with Gasteiger partial charge in [-0.15, -0.1) is 10.2 Å². The summed E-state index contributed by atoms with van der Waals surface area (Å²) in [6.07, 6.45) is 0. The summed E-state index contributed by atoms with van der Waals surface area (Å²) in [5, 5.41) is 22.0. The van der Waals surface area contributed by atoms with Gasteiger partial charge in [0, 0.05) is 24.7 Å². The number of nitrogens with two attached hydrogens (primary N) is 2. The van der Waals surface area contributed by atoms with E-state index in [1.165, 1.54) is 0 Å². The Morgan fingerprint density at radius 3 is 2.53 bits per heavy atom. The monoisotopic (exact) mass is 496 g/mol. The van der Waals surface area contributed by atoms with Gasteiger partial charge in [0.1, 0.15) is 0 Å². The van der Waals surface area contributed by atoms with Crippen molar-refractivity contribution in [2.75, 3.05) is 24.7 Å². The maximum absolute atomic E-state index is 12.5. The van der Waals surface area contributed by atoms with Crippen LogP contribution in [-0.2, 0) is 20.7 Å². The van der Waals surface area contributed by atoms with E-state index in [9.17, 15) is 8.42 Å². The summed E-state index contributed by atoms with van der Waals surface area (Å²) >= 11 is 1.54. The van der Waals surface area contributed by atoms with Crippen molar-refractivity contribution >= 4 is 47.4 Å². The van der Waals surface area contributed by atoms with Gasteiger partial charge in [0.25, 0.3) is 0 Å². The molecule has 6 N–H and O–H groups in total. The Morgan fingerprint density at radius 1 is 1.16 bits per heavy atom. The van der Waals surface area contributed by atoms with E-state index < -0.39 is 20.7 Å². The predicted molar refractivity (Wildman–Crippen MR) is 123 cm³/mol. The predicted octanol–water partition coefficient (Wildman–Crippen LogP) is 0.389. The molecular weight excluding hydrogens is 476 g/mol. The van der Waals surface area contributed by atoms with Gasteiger partial charge in [-0.1, -0.05) is 29.5 Å². The molecule has 2 heterocycles. The second-order valence-electron chi connectivity index (χ2n) is 6.26. The molecule has 0 unspecified atom stereocenters. The highest BCUT2D eigenvalue weighted by molar-refractivity contribution is 7.91. The highest BCUT2D eigenvalue weighted by atomic mass is 32.2. The van der Waals surface area contributed by atoms with Crippen molar-refractivity contribution in [3.05, 3.63) is 36.4 Å². The number of thiazole rings is 1. The van der Waals surface area contributed by atoms with Crippen molar-refractivity contribution in [2.24, 2.45) is 10.9 Å². The van der Waals surface area contributed by atoms with E-state index in [1.54, 1.807) is 29.5 Å². The molecule has 0 aliphatic rings. The van der Waals surface area contributed by atoms with Crippen molar-refractivity contribution in [3.8, 4) is 22.5 Å². The topological polar surface area (TPSA) is 200 Å². The summed E-state index contributed by atoms with van der Waals surface area (Å²) in [6.45, 7) is 0.0482. The molecule has 12 nitrogen and oxygen atoms in total. The molecule has 15 heteroatoms. The molecule has 4 rings (SSSR count). The van der Waals surface area contributed by atoms with Crippen molar-refractivity contribution < 1.29 is 16.8 Å². The molecule has 0 amide bonds. The van der Waals surface area contributed by atoms with E-state index in [1.807, 2.05) is 25.2 Å². The van der Waals surface area contributed by atoms with Crippen LogP contribution < -0.4 is 16.2 Å². The van der Waals surface area contributed by atoms with Gasteiger partial charge in [0.15, 0.2) is 25.9 Å². The average Bonchev–Trinajstić information content (AvgIpc) is 3.42. The minimum atomic E-state index is -3.50. The number of sulfone groups is 1. The number of aromatic amines is 1. The average molecular weight is 497 g/mol. The Bertz CT molecular complexity index is 1390.